The maximum Gasteiger partial charge on any atom is 0.273 e. The van der Waals surface area contributed by atoms with Gasteiger partial charge in [-0.1, -0.05) is 29.4 Å². The van der Waals surface area contributed by atoms with Crippen molar-refractivity contribution in [3.8, 4) is 5.75 Å². The molecule has 4 rings (SSSR count). The molecule has 0 fully saturated rings. The molecule has 0 spiro atoms. The first-order chi connectivity index (χ1) is 13.1. The van der Waals surface area contributed by atoms with Crippen molar-refractivity contribution in [2.75, 3.05) is 0 Å². The third-order valence-corrected chi connectivity index (χ3v) is 4.49. The summed E-state index contributed by atoms with van der Waals surface area (Å²) in [5.74, 6) is -1.70. The second-order valence-corrected chi connectivity index (χ2v) is 6.31. The third-order valence-electron chi connectivity index (χ3n) is 4.49. The van der Waals surface area contributed by atoms with Crippen LogP contribution in [0.5, 0.6) is 5.75 Å². The second-order valence-electron chi connectivity index (χ2n) is 6.31. The Balaban J connectivity index is 1.38. The number of hydrogen-bond acceptors (Lipinski definition) is 4. The van der Waals surface area contributed by atoms with Crippen LogP contribution in [0.15, 0.2) is 53.1 Å². The van der Waals surface area contributed by atoms with Crippen molar-refractivity contribution in [3.05, 3.63) is 82.7 Å². The smallest absolute Gasteiger partial charge is 0.273 e. The van der Waals surface area contributed by atoms with E-state index in [0.29, 0.717) is 0 Å². The van der Waals surface area contributed by atoms with Crippen LogP contribution in [-0.4, -0.2) is 11.1 Å². The van der Waals surface area contributed by atoms with Crippen LogP contribution in [0.3, 0.4) is 0 Å². The van der Waals surface area contributed by atoms with Crippen LogP contribution in [0.1, 0.15) is 39.8 Å². The van der Waals surface area contributed by atoms with Crippen molar-refractivity contribution in [3.63, 3.8) is 0 Å². The summed E-state index contributed by atoms with van der Waals surface area (Å²) in [7, 11) is 0. The molecule has 0 radical (unpaired) electrons. The first kappa shape index (κ1) is 17.2. The minimum absolute atomic E-state index is 0.0570. The van der Waals surface area contributed by atoms with E-state index in [1.807, 2.05) is 18.2 Å². The molecule has 1 heterocycles. The van der Waals surface area contributed by atoms with Crippen molar-refractivity contribution in [2.45, 2.75) is 25.5 Å². The molecule has 0 saturated heterocycles. The van der Waals surface area contributed by atoms with E-state index in [-0.39, 0.29) is 35.8 Å². The van der Waals surface area contributed by atoms with Crippen molar-refractivity contribution in [2.24, 2.45) is 0 Å². The van der Waals surface area contributed by atoms with Crippen LogP contribution < -0.4 is 10.1 Å². The number of carbonyl (C=O) groups excluding carboxylic acids is 1. The zero-order valence-corrected chi connectivity index (χ0v) is 14.2. The maximum atomic E-state index is 13.6. The van der Waals surface area contributed by atoms with Crippen LogP contribution in [0.25, 0.3) is 0 Å². The Kier molecular flexibility index (Phi) is 4.58. The predicted octanol–water partition coefficient (Wildman–Crippen LogP) is 3.95. The van der Waals surface area contributed by atoms with Gasteiger partial charge in [0.05, 0.1) is 6.04 Å². The van der Waals surface area contributed by atoms with E-state index in [0.717, 1.165) is 30.5 Å². The number of nitrogens with zero attached hydrogens (tertiary/aromatic N) is 1. The van der Waals surface area contributed by atoms with Gasteiger partial charge >= 0.3 is 0 Å². The van der Waals surface area contributed by atoms with E-state index in [2.05, 4.69) is 16.5 Å². The lowest BCUT2D eigenvalue weighted by Crippen LogP contribution is -2.27. The van der Waals surface area contributed by atoms with Gasteiger partial charge in [-0.3, -0.25) is 4.79 Å². The van der Waals surface area contributed by atoms with E-state index >= 15 is 0 Å². The quantitative estimate of drug-likeness (QED) is 0.739. The zero-order chi connectivity index (χ0) is 18.8. The highest BCUT2D eigenvalue weighted by Gasteiger charge is 2.25. The SMILES string of the molecule is O=C(N[C@H]1CCc2ccccc21)c1cc(COc2ccc(F)cc2F)on1. The summed E-state index contributed by atoms with van der Waals surface area (Å²) in [6, 6.07) is 12.4. The van der Waals surface area contributed by atoms with E-state index in [1.54, 1.807) is 0 Å². The molecule has 1 aliphatic rings. The topological polar surface area (TPSA) is 64.4 Å². The lowest BCUT2D eigenvalue weighted by atomic mass is 10.1. The van der Waals surface area contributed by atoms with Crippen molar-refractivity contribution < 1.29 is 22.8 Å². The van der Waals surface area contributed by atoms with Gasteiger partial charge in [-0.25, -0.2) is 8.78 Å². The Morgan fingerprint density at radius 1 is 1.22 bits per heavy atom. The summed E-state index contributed by atoms with van der Waals surface area (Å²) in [6.07, 6.45) is 1.75. The van der Waals surface area contributed by atoms with Gasteiger partial charge in [-0.2, -0.15) is 0 Å². The number of halogens is 2. The van der Waals surface area contributed by atoms with Crippen LogP contribution in [0.4, 0.5) is 8.78 Å². The number of rotatable bonds is 5. The van der Waals surface area contributed by atoms with Gasteiger partial charge in [0.1, 0.15) is 12.4 Å². The molecule has 1 amide bonds. The van der Waals surface area contributed by atoms with Gasteiger partial charge in [-0.15, -0.1) is 0 Å². The summed E-state index contributed by atoms with van der Waals surface area (Å²) < 4.78 is 36.8. The standard InChI is InChI=1S/C20H16F2N2O3/c21-13-6-8-19(16(22)9-13)26-11-14-10-18(24-27-14)20(25)23-17-7-5-12-3-1-2-4-15(12)17/h1-4,6,8-10,17H,5,7,11H2,(H,23,25)/t17-/m0/s1. The Labute approximate surface area is 153 Å². The summed E-state index contributed by atoms with van der Waals surface area (Å²) >= 11 is 0. The molecule has 0 saturated carbocycles. The van der Waals surface area contributed by atoms with E-state index in [1.165, 1.54) is 17.7 Å². The average molecular weight is 370 g/mol. The molecule has 5 nitrogen and oxygen atoms in total. The summed E-state index contributed by atoms with van der Waals surface area (Å²) in [4.78, 5) is 12.4. The fourth-order valence-electron chi connectivity index (χ4n) is 3.17. The van der Waals surface area contributed by atoms with Gasteiger partial charge in [0.25, 0.3) is 5.91 Å². The van der Waals surface area contributed by atoms with Gasteiger partial charge < -0.3 is 14.6 Å². The highest BCUT2D eigenvalue weighted by atomic mass is 19.1. The fraction of sp³-hybridized carbons (Fsp3) is 0.200. The lowest BCUT2D eigenvalue weighted by molar-refractivity contribution is 0.0927. The number of benzene rings is 2. The Hall–Kier alpha value is -3.22. The Morgan fingerprint density at radius 3 is 2.93 bits per heavy atom. The highest BCUT2D eigenvalue weighted by molar-refractivity contribution is 5.92. The van der Waals surface area contributed by atoms with Crippen molar-refractivity contribution in [1.82, 2.24) is 10.5 Å². The van der Waals surface area contributed by atoms with Crippen molar-refractivity contribution in [1.29, 1.82) is 0 Å². The average Bonchev–Trinajstić information content (AvgIpc) is 3.29. The Morgan fingerprint density at radius 2 is 2.07 bits per heavy atom. The largest absolute Gasteiger partial charge is 0.482 e. The molecule has 1 aromatic heterocycles. The van der Waals surface area contributed by atoms with E-state index in [9.17, 15) is 13.6 Å². The first-order valence-electron chi connectivity index (χ1n) is 8.52. The van der Waals surface area contributed by atoms with Gasteiger partial charge in [0.2, 0.25) is 0 Å². The molecule has 27 heavy (non-hydrogen) atoms. The molecule has 138 valence electrons. The molecule has 0 bridgehead atoms. The van der Waals surface area contributed by atoms with Crippen LogP contribution in [0, 0.1) is 11.6 Å². The molecule has 1 aliphatic carbocycles. The number of hydrogen-bond donors (Lipinski definition) is 1. The Bertz CT molecular complexity index is 987. The fourth-order valence-corrected chi connectivity index (χ4v) is 3.17. The number of nitrogens with one attached hydrogen (secondary N) is 1. The minimum Gasteiger partial charge on any atom is -0.482 e. The highest BCUT2D eigenvalue weighted by Crippen LogP contribution is 2.30. The minimum atomic E-state index is -0.813. The molecule has 2 aromatic carbocycles. The molecule has 1 N–H and O–H groups in total. The van der Waals surface area contributed by atoms with Crippen LogP contribution in [0.2, 0.25) is 0 Å². The molecule has 1 atom stereocenters. The molecule has 0 unspecified atom stereocenters. The van der Waals surface area contributed by atoms with Crippen molar-refractivity contribution >= 4 is 5.91 Å². The second kappa shape index (κ2) is 7.19. The summed E-state index contributed by atoms with van der Waals surface area (Å²) in [6.45, 7) is -0.130. The predicted molar refractivity (Wildman–Crippen MR) is 92.2 cm³/mol. The number of carbonyl (C=O) groups is 1. The summed E-state index contributed by atoms with van der Waals surface area (Å²) in [5, 5.41) is 6.69. The number of amides is 1. The van der Waals surface area contributed by atoms with Crippen LogP contribution in [-0.2, 0) is 13.0 Å². The monoisotopic (exact) mass is 370 g/mol. The molecular formula is C20H16F2N2O3. The lowest BCUT2D eigenvalue weighted by Gasteiger charge is -2.12. The van der Waals surface area contributed by atoms with Gasteiger partial charge in [0, 0.05) is 12.1 Å². The first-order valence-corrected chi connectivity index (χ1v) is 8.52. The van der Waals surface area contributed by atoms with Gasteiger partial charge in [0.15, 0.2) is 23.0 Å². The van der Waals surface area contributed by atoms with Crippen LogP contribution >= 0.6 is 0 Å². The molecule has 3 aromatic rings. The molecule has 0 aliphatic heterocycles. The van der Waals surface area contributed by atoms with Gasteiger partial charge in [-0.05, 0) is 36.1 Å². The summed E-state index contributed by atoms with van der Waals surface area (Å²) in [5.41, 5.74) is 2.47. The number of aromatic nitrogens is 1. The van der Waals surface area contributed by atoms with E-state index < -0.39 is 11.6 Å². The third kappa shape index (κ3) is 3.67. The maximum absolute atomic E-state index is 13.6. The molecule has 7 heteroatoms. The number of aryl methyl sites for hydroxylation is 1. The van der Waals surface area contributed by atoms with E-state index in [4.69, 9.17) is 9.26 Å². The molecular weight excluding hydrogens is 354 g/mol. The zero-order valence-electron chi connectivity index (χ0n) is 14.2. The number of fused-ring (bicyclic) bond motifs is 1. The normalized spacial score (nSPS) is 15.4. The number of ether oxygens (including phenoxy) is 1.